The zero-order valence-electron chi connectivity index (χ0n) is 14.8. The third-order valence-corrected chi connectivity index (χ3v) is 6.05. The second-order valence-corrected chi connectivity index (χ2v) is 7.47. The summed E-state index contributed by atoms with van der Waals surface area (Å²) in [4.78, 5) is 2.71. The molecule has 2 aromatic carbocycles. The fourth-order valence-electron chi connectivity index (χ4n) is 4.99. The molecule has 5 rings (SSSR count). The Kier molecular flexibility index (Phi) is 3.96. The molecular weight excluding hydrogens is 290 g/mol. The topological polar surface area (TPSA) is 3.24 Å². The summed E-state index contributed by atoms with van der Waals surface area (Å²) in [6.45, 7) is 5.89. The first-order valence-electron chi connectivity index (χ1n) is 9.32. The molecule has 3 saturated heterocycles. The lowest BCUT2D eigenvalue weighted by atomic mass is 9.64. The second-order valence-electron chi connectivity index (χ2n) is 7.47. The van der Waals surface area contributed by atoms with Crippen molar-refractivity contribution in [3.8, 4) is 0 Å². The van der Waals surface area contributed by atoms with Crippen LogP contribution in [0.3, 0.4) is 0 Å². The molecule has 24 heavy (non-hydrogen) atoms. The second kappa shape index (κ2) is 6.12. The smallest absolute Gasteiger partial charge is 0.0625 e. The van der Waals surface area contributed by atoms with Crippen LogP contribution in [-0.4, -0.2) is 11.4 Å². The number of nitrogens with zero attached hydrogens (tertiary/aromatic N) is 1. The monoisotopic (exact) mass is 317 g/mol. The summed E-state index contributed by atoms with van der Waals surface area (Å²) in [6.07, 6.45) is 6.14. The van der Waals surface area contributed by atoms with E-state index in [1.807, 2.05) is 0 Å². The fraction of sp³-hybridized carbons (Fsp3) is 0.391. The summed E-state index contributed by atoms with van der Waals surface area (Å²) in [5.41, 5.74) is 4.64. The molecule has 0 radical (unpaired) electrons. The molecule has 124 valence electrons. The van der Waals surface area contributed by atoms with Gasteiger partial charge in [0.2, 0.25) is 0 Å². The van der Waals surface area contributed by atoms with E-state index < -0.39 is 0 Å². The summed E-state index contributed by atoms with van der Waals surface area (Å²) >= 11 is 0. The van der Waals surface area contributed by atoms with Crippen LogP contribution in [0.4, 0.5) is 0 Å². The lowest BCUT2D eigenvalue weighted by Gasteiger charge is -2.59. The Hall–Kier alpha value is -2.02. The van der Waals surface area contributed by atoms with Crippen molar-refractivity contribution in [1.29, 1.82) is 0 Å². The van der Waals surface area contributed by atoms with E-state index in [0.29, 0.717) is 5.92 Å². The molecule has 0 aliphatic carbocycles. The lowest BCUT2D eigenvalue weighted by molar-refractivity contribution is 0.00270. The van der Waals surface area contributed by atoms with Gasteiger partial charge in [0, 0.05) is 18.2 Å². The number of benzene rings is 2. The Morgan fingerprint density at radius 3 is 2.38 bits per heavy atom. The average Bonchev–Trinajstić information content (AvgIpc) is 2.64. The van der Waals surface area contributed by atoms with Gasteiger partial charge in [0.05, 0.1) is 5.54 Å². The van der Waals surface area contributed by atoms with E-state index in [2.05, 4.69) is 85.5 Å². The molecule has 1 nitrogen and oxygen atoms in total. The quantitative estimate of drug-likeness (QED) is 0.701. The molecule has 1 heteroatoms. The van der Waals surface area contributed by atoms with Crippen molar-refractivity contribution in [2.45, 2.75) is 44.6 Å². The highest BCUT2D eigenvalue weighted by molar-refractivity contribution is 5.38. The van der Waals surface area contributed by atoms with E-state index in [1.54, 1.807) is 5.70 Å². The summed E-state index contributed by atoms with van der Waals surface area (Å²) < 4.78 is 0. The van der Waals surface area contributed by atoms with Crippen molar-refractivity contribution < 1.29 is 0 Å². The van der Waals surface area contributed by atoms with E-state index in [-0.39, 0.29) is 5.54 Å². The van der Waals surface area contributed by atoms with Gasteiger partial charge in [-0.3, -0.25) is 0 Å². The van der Waals surface area contributed by atoms with Gasteiger partial charge in [0.15, 0.2) is 0 Å². The first-order chi connectivity index (χ1) is 11.7. The molecule has 0 N–H and O–H groups in total. The van der Waals surface area contributed by atoms with E-state index in [1.165, 1.54) is 30.5 Å². The molecule has 2 bridgehead atoms. The number of hydrogen-bond acceptors (Lipinski definition) is 1. The Morgan fingerprint density at radius 2 is 1.71 bits per heavy atom. The maximum Gasteiger partial charge on any atom is 0.0625 e. The van der Waals surface area contributed by atoms with E-state index >= 15 is 0 Å². The van der Waals surface area contributed by atoms with Crippen molar-refractivity contribution in [3.05, 3.63) is 83.6 Å². The number of fused-ring (bicyclic) bond motifs is 3. The van der Waals surface area contributed by atoms with Gasteiger partial charge in [-0.25, -0.2) is 0 Å². The van der Waals surface area contributed by atoms with Crippen molar-refractivity contribution in [1.82, 2.24) is 4.90 Å². The molecule has 3 atom stereocenters. The minimum absolute atomic E-state index is 0.135. The van der Waals surface area contributed by atoms with Gasteiger partial charge in [-0.05, 0) is 43.2 Å². The molecule has 0 spiro atoms. The Balaban J connectivity index is 1.78. The van der Waals surface area contributed by atoms with Gasteiger partial charge in [-0.2, -0.15) is 0 Å². The van der Waals surface area contributed by atoms with Gasteiger partial charge in [-0.15, -0.1) is 0 Å². The van der Waals surface area contributed by atoms with Gasteiger partial charge >= 0.3 is 0 Å². The van der Waals surface area contributed by atoms with Gasteiger partial charge < -0.3 is 4.90 Å². The zero-order valence-corrected chi connectivity index (χ0v) is 14.8. The molecule has 3 aliphatic rings. The number of piperidine rings is 3. The predicted molar refractivity (Wildman–Crippen MR) is 101 cm³/mol. The minimum Gasteiger partial charge on any atom is -0.365 e. The summed E-state index contributed by atoms with van der Waals surface area (Å²) in [6, 6.07) is 22.2. The first kappa shape index (κ1) is 15.5. The standard InChI is InChI=1S/C23H27N/c1-3-10-21-22(18-11-6-4-7-12-18)19-15-16-24(21)23(2,17-19)20-13-8-5-9-14-20/h4-14,19,22H,3,15-17H2,1-2H3. The molecule has 2 aromatic rings. The van der Waals surface area contributed by atoms with Crippen molar-refractivity contribution in [2.75, 3.05) is 6.54 Å². The van der Waals surface area contributed by atoms with Gasteiger partial charge in [0.1, 0.15) is 0 Å². The van der Waals surface area contributed by atoms with Gasteiger partial charge in [-0.1, -0.05) is 73.7 Å². The third kappa shape index (κ3) is 2.38. The molecule has 0 amide bonds. The van der Waals surface area contributed by atoms with E-state index in [9.17, 15) is 0 Å². The third-order valence-electron chi connectivity index (χ3n) is 6.05. The van der Waals surface area contributed by atoms with Crippen LogP contribution in [0.25, 0.3) is 0 Å². The highest BCUT2D eigenvalue weighted by atomic mass is 15.2. The van der Waals surface area contributed by atoms with Crippen molar-refractivity contribution in [3.63, 3.8) is 0 Å². The first-order valence-corrected chi connectivity index (χ1v) is 9.32. The number of allylic oxidation sites excluding steroid dienone is 2. The summed E-state index contributed by atoms with van der Waals surface area (Å²) in [5.74, 6) is 1.30. The zero-order chi connectivity index (χ0) is 16.6. The lowest BCUT2D eigenvalue weighted by Crippen LogP contribution is -2.56. The normalized spacial score (nSPS) is 30.8. The van der Waals surface area contributed by atoms with E-state index in [0.717, 1.165) is 12.3 Å². The largest absolute Gasteiger partial charge is 0.365 e. The average molecular weight is 317 g/mol. The van der Waals surface area contributed by atoms with Crippen molar-refractivity contribution in [2.24, 2.45) is 5.92 Å². The van der Waals surface area contributed by atoms with Crippen LogP contribution in [-0.2, 0) is 5.54 Å². The summed E-state index contributed by atoms with van der Waals surface area (Å²) in [5, 5.41) is 0. The van der Waals surface area contributed by atoms with Crippen LogP contribution in [0.1, 0.15) is 50.2 Å². The summed E-state index contributed by atoms with van der Waals surface area (Å²) in [7, 11) is 0. The maximum absolute atomic E-state index is 2.71. The molecule has 3 aliphatic heterocycles. The Bertz CT molecular complexity index is 718. The SMILES string of the molecule is CCC=C1C(c2ccccc2)C2CCN1C(C)(c1ccccc1)C2. The fourth-order valence-corrected chi connectivity index (χ4v) is 4.99. The van der Waals surface area contributed by atoms with Crippen LogP contribution in [0.15, 0.2) is 72.4 Å². The molecule has 3 heterocycles. The van der Waals surface area contributed by atoms with Crippen LogP contribution in [0.2, 0.25) is 0 Å². The van der Waals surface area contributed by atoms with Gasteiger partial charge in [0.25, 0.3) is 0 Å². The molecule has 3 unspecified atom stereocenters. The number of rotatable bonds is 3. The van der Waals surface area contributed by atoms with E-state index in [4.69, 9.17) is 0 Å². The Labute approximate surface area is 146 Å². The molecule has 0 saturated carbocycles. The molecular formula is C23H27N. The van der Waals surface area contributed by atoms with Crippen LogP contribution >= 0.6 is 0 Å². The predicted octanol–water partition coefficient (Wildman–Crippen LogP) is 5.71. The highest BCUT2D eigenvalue weighted by Crippen LogP contribution is 2.55. The maximum atomic E-state index is 2.71. The molecule has 3 fully saturated rings. The number of hydrogen-bond donors (Lipinski definition) is 0. The van der Waals surface area contributed by atoms with Crippen LogP contribution < -0.4 is 0 Å². The minimum atomic E-state index is 0.135. The van der Waals surface area contributed by atoms with Crippen LogP contribution in [0, 0.1) is 5.92 Å². The van der Waals surface area contributed by atoms with Crippen LogP contribution in [0.5, 0.6) is 0 Å². The van der Waals surface area contributed by atoms with Crippen molar-refractivity contribution >= 4 is 0 Å². The highest BCUT2D eigenvalue weighted by Gasteiger charge is 2.50. The Morgan fingerprint density at radius 1 is 1.04 bits per heavy atom. The molecule has 0 aromatic heterocycles.